The van der Waals surface area contributed by atoms with Crippen LogP contribution in [0.25, 0.3) is 0 Å². The minimum Gasteiger partial charge on any atom is -0.0850 e. The monoisotopic (exact) mass is 204 g/mol. The highest BCUT2D eigenvalue weighted by Crippen LogP contribution is 2.64. The fraction of sp³-hybridized carbons (Fsp3) is 0.867. The molecule has 2 fully saturated rings. The highest BCUT2D eigenvalue weighted by Gasteiger charge is 2.57. The van der Waals surface area contributed by atoms with Gasteiger partial charge >= 0.3 is 0 Å². The van der Waals surface area contributed by atoms with Gasteiger partial charge in [-0.2, -0.15) is 0 Å². The molecule has 0 radical (unpaired) electrons. The lowest BCUT2D eigenvalue weighted by Gasteiger charge is -2.46. The van der Waals surface area contributed by atoms with E-state index in [0.29, 0.717) is 5.41 Å². The molecule has 0 nitrogen and oxygen atoms in total. The second-order valence-electron chi connectivity index (χ2n) is 6.95. The van der Waals surface area contributed by atoms with Crippen molar-refractivity contribution >= 4 is 0 Å². The molecule has 84 valence electrons. The number of rotatable bonds is 0. The van der Waals surface area contributed by atoms with Gasteiger partial charge in [-0.25, -0.2) is 0 Å². The van der Waals surface area contributed by atoms with Crippen LogP contribution >= 0.6 is 0 Å². The van der Waals surface area contributed by atoms with Gasteiger partial charge in [-0.3, -0.25) is 0 Å². The smallest absolute Gasteiger partial charge is 0.0139 e. The molecular formula is C15H24. The molecule has 0 saturated heterocycles. The Hall–Kier alpha value is -0.260. The zero-order valence-corrected chi connectivity index (χ0v) is 10.6. The van der Waals surface area contributed by atoms with E-state index in [9.17, 15) is 0 Å². The molecule has 0 aliphatic heterocycles. The summed E-state index contributed by atoms with van der Waals surface area (Å²) in [5, 5.41) is 0. The molecule has 0 N–H and O–H groups in total. The average molecular weight is 204 g/mol. The summed E-state index contributed by atoms with van der Waals surface area (Å²) >= 11 is 0. The molecule has 0 heteroatoms. The quantitative estimate of drug-likeness (QED) is 0.517. The number of hydrogen-bond acceptors (Lipinski definition) is 0. The lowest BCUT2D eigenvalue weighted by atomic mass is 9.59. The first-order chi connectivity index (χ1) is 7.02. The van der Waals surface area contributed by atoms with Gasteiger partial charge in [0.2, 0.25) is 0 Å². The van der Waals surface area contributed by atoms with E-state index < -0.39 is 0 Å². The maximum atomic E-state index is 2.55. The van der Waals surface area contributed by atoms with Crippen LogP contribution < -0.4 is 0 Å². The summed E-state index contributed by atoms with van der Waals surface area (Å²) in [6.45, 7) is 9.95. The summed E-state index contributed by atoms with van der Waals surface area (Å²) in [4.78, 5) is 0. The maximum Gasteiger partial charge on any atom is -0.0139 e. The molecule has 0 amide bonds. The van der Waals surface area contributed by atoms with Crippen LogP contribution in [0.2, 0.25) is 0 Å². The van der Waals surface area contributed by atoms with Crippen molar-refractivity contribution in [2.24, 2.45) is 35.0 Å². The molecule has 15 heavy (non-hydrogen) atoms. The van der Waals surface area contributed by atoms with Crippen LogP contribution in [0.15, 0.2) is 11.6 Å². The van der Waals surface area contributed by atoms with Gasteiger partial charge in [-0.15, -0.1) is 0 Å². The Bertz CT molecular complexity index is 310. The van der Waals surface area contributed by atoms with E-state index in [4.69, 9.17) is 0 Å². The molecule has 0 aromatic heterocycles. The maximum absolute atomic E-state index is 2.55. The second kappa shape index (κ2) is 2.90. The lowest BCUT2D eigenvalue weighted by molar-refractivity contribution is 0.0708. The molecule has 0 unspecified atom stereocenters. The Morgan fingerprint density at radius 3 is 2.67 bits per heavy atom. The predicted molar refractivity (Wildman–Crippen MR) is 64.5 cm³/mol. The summed E-state index contributed by atoms with van der Waals surface area (Å²) in [7, 11) is 0. The number of allylic oxidation sites excluding steroid dienone is 2. The van der Waals surface area contributed by atoms with Crippen LogP contribution in [0.1, 0.15) is 47.0 Å². The molecule has 3 aliphatic rings. The normalized spacial score (nSPS) is 51.5. The average Bonchev–Trinajstić information content (AvgIpc) is 2.34. The summed E-state index contributed by atoms with van der Waals surface area (Å²) in [6.07, 6.45) is 6.86. The van der Waals surface area contributed by atoms with Gasteiger partial charge in [0.1, 0.15) is 0 Å². The fourth-order valence-corrected chi connectivity index (χ4v) is 5.16. The van der Waals surface area contributed by atoms with Gasteiger partial charge in [0.25, 0.3) is 0 Å². The third kappa shape index (κ3) is 1.14. The first kappa shape index (κ1) is 9.93. The lowest BCUT2D eigenvalue weighted by Crippen LogP contribution is -2.38. The zero-order valence-electron chi connectivity index (χ0n) is 10.6. The van der Waals surface area contributed by atoms with Gasteiger partial charge in [-0.05, 0) is 61.2 Å². The Morgan fingerprint density at radius 2 is 2.00 bits per heavy atom. The van der Waals surface area contributed by atoms with E-state index in [1.165, 1.54) is 19.3 Å². The third-order valence-electron chi connectivity index (χ3n) is 5.92. The summed E-state index contributed by atoms with van der Waals surface area (Å²) in [6, 6.07) is 0. The fourth-order valence-electron chi connectivity index (χ4n) is 5.16. The van der Waals surface area contributed by atoms with Gasteiger partial charge < -0.3 is 0 Å². The van der Waals surface area contributed by atoms with Crippen molar-refractivity contribution in [1.29, 1.82) is 0 Å². The zero-order chi connectivity index (χ0) is 10.8. The molecule has 0 aromatic carbocycles. The first-order valence-corrected chi connectivity index (χ1v) is 6.69. The van der Waals surface area contributed by atoms with Crippen LogP contribution in [0.4, 0.5) is 0 Å². The summed E-state index contributed by atoms with van der Waals surface area (Å²) < 4.78 is 0. The largest absolute Gasteiger partial charge is 0.0850 e. The van der Waals surface area contributed by atoms with Crippen molar-refractivity contribution < 1.29 is 0 Å². The summed E-state index contributed by atoms with van der Waals surface area (Å²) in [5.74, 6) is 4.95. The van der Waals surface area contributed by atoms with Crippen LogP contribution in [0.5, 0.6) is 0 Å². The van der Waals surface area contributed by atoms with Gasteiger partial charge in [0.05, 0.1) is 0 Å². The Morgan fingerprint density at radius 1 is 1.27 bits per heavy atom. The van der Waals surface area contributed by atoms with E-state index in [2.05, 4.69) is 33.8 Å². The van der Waals surface area contributed by atoms with Crippen molar-refractivity contribution in [3.05, 3.63) is 11.6 Å². The van der Waals surface area contributed by atoms with Crippen molar-refractivity contribution in [2.75, 3.05) is 0 Å². The standard InChI is InChI=1S/C15H24/c1-9-5-6-12-10(2)11-7-8-15(3,4)14(12)13(9)11/h5,10-14H,6-8H2,1-4H3/t10-,11-,12-,13-,14+/m0/s1. The minimum atomic E-state index is 0.603. The molecule has 3 aliphatic carbocycles. The predicted octanol–water partition coefficient (Wildman–Crippen LogP) is 4.27. The molecule has 4 bridgehead atoms. The van der Waals surface area contributed by atoms with E-state index in [-0.39, 0.29) is 0 Å². The van der Waals surface area contributed by atoms with Gasteiger partial charge in [0, 0.05) is 0 Å². The van der Waals surface area contributed by atoms with E-state index in [0.717, 1.165) is 29.6 Å². The van der Waals surface area contributed by atoms with Crippen LogP contribution in [0.3, 0.4) is 0 Å². The van der Waals surface area contributed by atoms with Crippen molar-refractivity contribution in [2.45, 2.75) is 47.0 Å². The van der Waals surface area contributed by atoms with Crippen molar-refractivity contribution in [1.82, 2.24) is 0 Å². The SMILES string of the molecule is CC1=CC[C@H]2[C@@H](C)[C@@H]3CCC(C)(C)[C@H]2[C@@H]13. The van der Waals surface area contributed by atoms with Gasteiger partial charge in [-0.1, -0.05) is 32.4 Å². The Kier molecular flexibility index (Phi) is 1.92. The second-order valence-corrected chi connectivity index (χ2v) is 6.95. The van der Waals surface area contributed by atoms with Crippen LogP contribution in [-0.2, 0) is 0 Å². The minimum absolute atomic E-state index is 0.603. The third-order valence-corrected chi connectivity index (χ3v) is 5.92. The topological polar surface area (TPSA) is 0 Å². The van der Waals surface area contributed by atoms with Crippen LogP contribution in [-0.4, -0.2) is 0 Å². The number of hydrogen-bond donors (Lipinski definition) is 0. The first-order valence-electron chi connectivity index (χ1n) is 6.69. The molecule has 5 atom stereocenters. The molecule has 0 spiro atoms. The van der Waals surface area contributed by atoms with Gasteiger partial charge in [0.15, 0.2) is 0 Å². The van der Waals surface area contributed by atoms with Crippen molar-refractivity contribution in [3.8, 4) is 0 Å². The Balaban J connectivity index is 2.07. The molecule has 2 saturated carbocycles. The highest BCUT2D eigenvalue weighted by atomic mass is 14.6. The molecule has 0 aromatic rings. The van der Waals surface area contributed by atoms with Crippen LogP contribution in [0, 0.1) is 35.0 Å². The molecule has 3 rings (SSSR count). The van der Waals surface area contributed by atoms with E-state index >= 15 is 0 Å². The van der Waals surface area contributed by atoms with E-state index in [1.54, 1.807) is 5.57 Å². The molecule has 0 heterocycles. The summed E-state index contributed by atoms with van der Waals surface area (Å²) in [5.41, 5.74) is 2.32. The van der Waals surface area contributed by atoms with Crippen molar-refractivity contribution in [3.63, 3.8) is 0 Å². The highest BCUT2D eigenvalue weighted by molar-refractivity contribution is 5.22. The Labute approximate surface area is 94.1 Å². The van der Waals surface area contributed by atoms with E-state index in [1.807, 2.05) is 0 Å². The molecular weight excluding hydrogens is 180 g/mol.